The van der Waals surface area contributed by atoms with Gasteiger partial charge < -0.3 is 15.2 Å². The van der Waals surface area contributed by atoms with E-state index in [1.807, 2.05) is 0 Å². The van der Waals surface area contributed by atoms with E-state index in [0.717, 1.165) is 19.0 Å². The van der Waals surface area contributed by atoms with E-state index in [9.17, 15) is 0 Å². The van der Waals surface area contributed by atoms with Crippen molar-refractivity contribution < 1.29 is 9.84 Å². The van der Waals surface area contributed by atoms with Crippen molar-refractivity contribution in [3.63, 3.8) is 0 Å². The van der Waals surface area contributed by atoms with Gasteiger partial charge in [0.25, 0.3) is 0 Å². The SMILES string of the molecule is COCC(CCO)NC1CC(C)N(C2CC2)C1. The molecular weight excluding hydrogens is 216 g/mol. The van der Waals surface area contributed by atoms with Crippen LogP contribution >= 0.6 is 0 Å². The Kier molecular flexibility index (Phi) is 4.79. The number of aliphatic hydroxyl groups is 1. The molecule has 3 atom stereocenters. The van der Waals surface area contributed by atoms with Crippen molar-refractivity contribution in [1.29, 1.82) is 0 Å². The van der Waals surface area contributed by atoms with Gasteiger partial charge in [0.05, 0.1) is 6.61 Å². The Morgan fingerprint density at radius 1 is 1.47 bits per heavy atom. The number of likely N-dealkylation sites (tertiary alicyclic amines) is 1. The minimum Gasteiger partial charge on any atom is -0.396 e. The quantitative estimate of drug-likeness (QED) is 0.686. The molecule has 4 nitrogen and oxygen atoms in total. The maximum atomic E-state index is 9.03. The molecule has 4 heteroatoms. The summed E-state index contributed by atoms with van der Waals surface area (Å²) in [6.07, 6.45) is 4.77. The highest BCUT2D eigenvalue weighted by Crippen LogP contribution is 2.33. The van der Waals surface area contributed by atoms with E-state index in [2.05, 4.69) is 17.1 Å². The molecule has 2 rings (SSSR count). The number of aliphatic hydroxyl groups excluding tert-OH is 1. The molecule has 2 aliphatic rings. The fourth-order valence-corrected chi connectivity index (χ4v) is 3.00. The van der Waals surface area contributed by atoms with Crippen LogP contribution in [0.1, 0.15) is 32.6 Å². The molecule has 0 aromatic carbocycles. The van der Waals surface area contributed by atoms with Gasteiger partial charge in [-0.2, -0.15) is 0 Å². The summed E-state index contributed by atoms with van der Waals surface area (Å²) < 4.78 is 5.19. The van der Waals surface area contributed by atoms with E-state index in [0.29, 0.717) is 24.7 Å². The average molecular weight is 242 g/mol. The first-order valence-corrected chi connectivity index (χ1v) is 6.86. The van der Waals surface area contributed by atoms with Crippen LogP contribution in [0, 0.1) is 0 Å². The molecule has 0 aromatic heterocycles. The lowest BCUT2D eigenvalue weighted by molar-refractivity contribution is 0.142. The molecule has 100 valence electrons. The van der Waals surface area contributed by atoms with E-state index in [-0.39, 0.29) is 6.61 Å². The van der Waals surface area contributed by atoms with Crippen LogP contribution in [0.3, 0.4) is 0 Å². The summed E-state index contributed by atoms with van der Waals surface area (Å²) in [6, 6.07) is 2.42. The zero-order chi connectivity index (χ0) is 12.3. The summed E-state index contributed by atoms with van der Waals surface area (Å²) in [5.41, 5.74) is 0. The Morgan fingerprint density at radius 3 is 2.82 bits per heavy atom. The molecule has 1 aliphatic heterocycles. The minimum atomic E-state index is 0.232. The summed E-state index contributed by atoms with van der Waals surface area (Å²) in [5, 5.41) is 12.7. The van der Waals surface area contributed by atoms with Gasteiger partial charge >= 0.3 is 0 Å². The molecule has 1 saturated heterocycles. The van der Waals surface area contributed by atoms with Crippen molar-refractivity contribution >= 4 is 0 Å². The van der Waals surface area contributed by atoms with Gasteiger partial charge in [-0.1, -0.05) is 0 Å². The second-order valence-corrected chi connectivity index (χ2v) is 5.54. The molecule has 0 radical (unpaired) electrons. The van der Waals surface area contributed by atoms with Crippen LogP contribution in [0.25, 0.3) is 0 Å². The number of nitrogens with zero attached hydrogens (tertiary/aromatic N) is 1. The number of hydrogen-bond donors (Lipinski definition) is 2. The molecule has 1 heterocycles. The summed E-state index contributed by atoms with van der Waals surface area (Å²) in [7, 11) is 1.72. The fraction of sp³-hybridized carbons (Fsp3) is 1.00. The molecular formula is C13H26N2O2. The molecule has 2 fully saturated rings. The molecule has 0 aromatic rings. The van der Waals surface area contributed by atoms with Gasteiger partial charge in [0.1, 0.15) is 0 Å². The van der Waals surface area contributed by atoms with Crippen LogP contribution in [0.15, 0.2) is 0 Å². The van der Waals surface area contributed by atoms with Gasteiger partial charge in [-0.05, 0) is 32.6 Å². The maximum Gasteiger partial charge on any atom is 0.0616 e. The van der Waals surface area contributed by atoms with Gasteiger partial charge in [-0.25, -0.2) is 0 Å². The third kappa shape index (κ3) is 3.65. The lowest BCUT2D eigenvalue weighted by atomic mass is 10.1. The van der Waals surface area contributed by atoms with E-state index in [4.69, 9.17) is 9.84 Å². The molecule has 0 amide bonds. The van der Waals surface area contributed by atoms with Crippen molar-refractivity contribution in [2.75, 3.05) is 26.9 Å². The Bertz CT molecular complexity index is 227. The minimum absolute atomic E-state index is 0.232. The molecule has 1 saturated carbocycles. The van der Waals surface area contributed by atoms with Gasteiger partial charge in [0.15, 0.2) is 0 Å². The topological polar surface area (TPSA) is 44.7 Å². The summed E-state index contributed by atoms with van der Waals surface area (Å²) >= 11 is 0. The second-order valence-electron chi connectivity index (χ2n) is 5.54. The van der Waals surface area contributed by atoms with Crippen molar-refractivity contribution in [2.24, 2.45) is 0 Å². The zero-order valence-corrected chi connectivity index (χ0v) is 11.1. The molecule has 0 spiro atoms. The third-order valence-electron chi connectivity index (χ3n) is 3.96. The Morgan fingerprint density at radius 2 is 2.24 bits per heavy atom. The van der Waals surface area contributed by atoms with Crippen LogP contribution in [-0.2, 0) is 4.74 Å². The standard InChI is InChI=1S/C13H26N2O2/c1-10-7-12(8-15(10)13-3-4-13)14-11(5-6-16)9-17-2/h10-14,16H,3-9H2,1-2H3. The zero-order valence-electron chi connectivity index (χ0n) is 11.1. The molecule has 2 N–H and O–H groups in total. The van der Waals surface area contributed by atoms with Crippen LogP contribution < -0.4 is 5.32 Å². The first-order chi connectivity index (χ1) is 8.24. The lowest BCUT2D eigenvalue weighted by Crippen LogP contribution is -2.43. The molecule has 1 aliphatic carbocycles. The smallest absolute Gasteiger partial charge is 0.0616 e. The van der Waals surface area contributed by atoms with Crippen LogP contribution in [-0.4, -0.2) is 61.0 Å². The molecule has 3 unspecified atom stereocenters. The van der Waals surface area contributed by atoms with Crippen molar-refractivity contribution in [1.82, 2.24) is 10.2 Å². The normalized spacial score (nSPS) is 31.9. The first kappa shape index (κ1) is 13.3. The average Bonchev–Trinajstić information content (AvgIpc) is 3.05. The predicted octanol–water partition coefficient (Wildman–Crippen LogP) is 0.599. The van der Waals surface area contributed by atoms with E-state index in [1.54, 1.807) is 7.11 Å². The predicted molar refractivity (Wildman–Crippen MR) is 68.1 cm³/mol. The van der Waals surface area contributed by atoms with Crippen LogP contribution in [0.5, 0.6) is 0 Å². The highest BCUT2D eigenvalue weighted by molar-refractivity contribution is 4.96. The highest BCUT2D eigenvalue weighted by Gasteiger charge is 2.38. The van der Waals surface area contributed by atoms with Crippen molar-refractivity contribution in [3.05, 3.63) is 0 Å². The highest BCUT2D eigenvalue weighted by atomic mass is 16.5. The Hall–Kier alpha value is -0.160. The van der Waals surface area contributed by atoms with E-state index in [1.165, 1.54) is 19.3 Å². The van der Waals surface area contributed by atoms with Gasteiger partial charge in [-0.3, -0.25) is 4.90 Å². The monoisotopic (exact) mass is 242 g/mol. The maximum absolute atomic E-state index is 9.03. The lowest BCUT2D eigenvalue weighted by Gasteiger charge is -2.22. The van der Waals surface area contributed by atoms with Crippen molar-refractivity contribution in [2.45, 2.75) is 56.8 Å². The van der Waals surface area contributed by atoms with Gasteiger partial charge in [-0.15, -0.1) is 0 Å². The number of nitrogens with one attached hydrogen (secondary N) is 1. The number of rotatable bonds is 7. The van der Waals surface area contributed by atoms with Crippen LogP contribution in [0.2, 0.25) is 0 Å². The van der Waals surface area contributed by atoms with Gasteiger partial charge in [0.2, 0.25) is 0 Å². The van der Waals surface area contributed by atoms with E-state index >= 15 is 0 Å². The van der Waals surface area contributed by atoms with Gasteiger partial charge in [0, 0.05) is 44.4 Å². The molecule has 17 heavy (non-hydrogen) atoms. The number of methoxy groups -OCH3 is 1. The number of hydrogen-bond acceptors (Lipinski definition) is 4. The molecule has 0 bridgehead atoms. The number of ether oxygens (including phenoxy) is 1. The van der Waals surface area contributed by atoms with Crippen molar-refractivity contribution in [3.8, 4) is 0 Å². The summed E-state index contributed by atoms with van der Waals surface area (Å²) in [5.74, 6) is 0. The summed E-state index contributed by atoms with van der Waals surface area (Å²) in [4.78, 5) is 2.64. The second kappa shape index (κ2) is 6.14. The fourth-order valence-electron chi connectivity index (χ4n) is 3.00. The summed E-state index contributed by atoms with van der Waals surface area (Å²) in [6.45, 7) is 4.42. The Labute approximate surface area is 104 Å². The Balaban J connectivity index is 1.77. The van der Waals surface area contributed by atoms with Crippen LogP contribution in [0.4, 0.5) is 0 Å². The van der Waals surface area contributed by atoms with E-state index < -0.39 is 0 Å². The first-order valence-electron chi connectivity index (χ1n) is 6.86. The third-order valence-corrected chi connectivity index (χ3v) is 3.96. The largest absolute Gasteiger partial charge is 0.396 e.